The number of nitriles is 1. The summed E-state index contributed by atoms with van der Waals surface area (Å²) in [5.41, 5.74) is 6.65. The first kappa shape index (κ1) is 24.9. The molecule has 0 spiro atoms. The quantitative estimate of drug-likeness (QED) is 0.395. The summed E-state index contributed by atoms with van der Waals surface area (Å²) in [5.74, 6) is -1.59. The molecule has 0 radical (unpaired) electrons. The van der Waals surface area contributed by atoms with Crippen LogP contribution < -0.4 is 5.73 Å². The highest BCUT2D eigenvalue weighted by atomic mass is 35.5. The van der Waals surface area contributed by atoms with E-state index in [1.165, 1.54) is 17.9 Å². The van der Waals surface area contributed by atoms with Crippen LogP contribution in [0.4, 0.5) is 0 Å². The van der Waals surface area contributed by atoms with Crippen molar-refractivity contribution in [2.45, 2.75) is 23.3 Å². The summed E-state index contributed by atoms with van der Waals surface area (Å²) in [5, 5.41) is 10.1. The Hall–Kier alpha value is -4.20. The van der Waals surface area contributed by atoms with Gasteiger partial charge in [0, 0.05) is 30.2 Å². The van der Waals surface area contributed by atoms with Gasteiger partial charge in [-0.1, -0.05) is 23.7 Å². The number of benzene rings is 2. The van der Waals surface area contributed by atoms with Crippen molar-refractivity contribution in [3.05, 3.63) is 87.8 Å². The lowest BCUT2D eigenvalue weighted by atomic mass is 10.1. The average molecular weight is 522 g/mol. The van der Waals surface area contributed by atoms with Gasteiger partial charge in [-0.2, -0.15) is 5.26 Å². The highest BCUT2D eigenvalue weighted by Gasteiger charge is 2.33. The van der Waals surface area contributed by atoms with Crippen molar-refractivity contribution >= 4 is 44.2 Å². The Kier molecular flexibility index (Phi) is 6.54. The van der Waals surface area contributed by atoms with Gasteiger partial charge in [0.1, 0.15) is 16.3 Å². The minimum Gasteiger partial charge on any atom is -0.364 e. The third-order valence-corrected chi connectivity index (χ3v) is 7.79. The minimum atomic E-state index is -4.37. The van der Waals surface area contributed by atoms with Crippen LogP contribution in [0.2, 0.25) is 5.02 Å². The van der Waals surface area contributed by atoms with Crippen molar-refractivity contribution in [3.8, 4) is 6.07 Å². The Bertz CT molecular complexity index is 1690. The standard InChI is InChI=1S/C25H20ClN5O4S/c1-14-21(25(33)31(2)13-15-5-6-20-17(8-15)4-3-7-29-20)30-22(24(28)32)23(14)36(34,35)19-10-16(12-27)9-18(26)11-19/h3-11,30H,13H2,1-2H3,(H2,28,32). The van der Waals surface area contributed by atoms with Crippen LogP contribution in [0.5, 0.6) is 0 Å². The van der Waals surface area contributed by atoms with Gasteiger partial charge in [-0.25, -0.2) is 8.42 Å². The van der Waals surface area contributed by atoms with Gasteiger partial charge in [-0.15, -0.1) is 0 Å². The molecule has 3 N–H and O–H groups in total. The molecule has 0 aliphatic rings. The van der Waals surface area contributed by atoms with Gasteiger partial charge in [0.2, 0.25) is 9.84 Å². The number of nitrogens with one attached hydrogen (secondary N) is 1. The van der Waals surface area contributed by atoms with E-state index in [2.05, 4.69) is 9.97 Å². The van der Waals surface area contributed by atoms with E-state index in [0.29, 0.717) is 0 Å². The second kappa shape index (κ2) is 9.45. The van der Waals surface area contributed by atoms with Gasteiger partial charge in [0.25, 0.3) is 11.8 Å². The molecule has 36 heavy (non-hydrogen) atoms. The van der Waals surface area contributed by atoms with E-state index in [9.17, 15) is 23.3 Å². The molecule has 182 valence electrons. The average Bonchev–Trinajstić information content (AvgIpc) is 3.21. The molecule has 11 heteroatoms. The molecule has 2 aromatic heterocycles. The fourth-order valence-corrected chi connectivity index (χ4v) is 5.99. The number of hydrogen-bond donors (Lipinski definition) is 2. The van der Waals surface area contributed by atoms with Crippen LogP contribution >= 0.6 is 11.6 Å². The summed E-state index contributed by atoms with van der Waals surface area (Å²) in [6.45, 7) is 1.63. The Labute approximate surface area is 212 Å². The monoisotopic (exact) mass is 521 g/mol. The zero-order valence-corrected chi connectivity index (χ0v) is 20.8. The van der Waals surface area contributed by atoms with Crippen LogP contribution in [0, 0.1) is 18.3 Å². The molecule has 4 aromatic rings. The normalized spacial score (nSPS) is 11.3. The number of amides is 2. The molecular formula is C25H20ClN5O4S. The molecular weight excluding hydrogens is 502 g/mol. The second-order valence-corrected chi connectivity index (χ2v) is 10.5. The summed E-state index contributed by atoms with van der Waals surface area (Å²) in [6, 6.07) is 14.8. The van der Waals surface area contributed by atoms with E-state index in [-0.39, 0.29) is 33.3 Å². The fraction of sp³-hybridized carbons (Fsp3) is 0.120. The zero-order chi connectivity index (χ0) is 26.2. The van der Waals surface area contributed by atoms with Gasteiger partial charge < -0.3 is 15.6 Å². The highest BCUT2D eigenvalue weighted by molar-refractivity contribution is 7.91. The van der Waals surface area contributed by atoms with E-state index >= 15 is 0 Å². The first-order chi connectivity index (χ1) is 17.0. The lowest BCUT2D eigenvalue weighted by Gasteiger charge is -2.17. The molecule has 2 heterocycles. The molecule has 0 aliphatic carbocycles. The van der Waals surface area contributed by atoms with E-state index in [0.717, 1.165) is 28.6 Å². The maximum Gasteiger partial charge on any atom is 0.270 e. The van der Waals surface area contributed by atoms with Crippen LogP contribution in [0.15, 0.2) is 64.5 Å². The largest absolute Gasteiger partial charge is 0.364 e. The molecule has 4 rings (SSSR count). The smallest absolute Gasteiger partial charge is 0.270 e. The van der Waals surface area contributed by atoms with Crippen molar-refractivity contribution in [3.63, 3.8) is 0 Å². The molecule has 0 atom stereocenters. The number of nitrogens with zero attached hydrogens (tertiary/aromatic N) is 3. The summed E-state index contributed by atoms with van der Waals surface area (Å²) in [7, 11) is -2.81. The molecule has 0 saturated carbocycles. The Morgan fingerprint density at radius 2 is 1.92 bits per heavy atom. The fourth-order valence-electron chi connectivity index (χ4n) is 3.96. The third-order valence-electron chi connectivity index (χ3n) is 5.67. The van der Waals surface area contributed by atoms with E-state index in [1.807, 2.05) is 36.4 Å². The number of primary amides is 1. The van der Waals surface area contributed by atoms with E-state index < -0.39 is 32.2 Å². The number of halogens is 1. The van der Waals surface area contributed by atoms with Crippen molar-refractivity contribution in [1.29, 1.82) is 5.26 Å². The summed E-state index contributed by atoms with van der Waals surface area (Å²) in [6.07, 6.45) is 1.69. The number of H-pyrrole nitrogens is 1. The molecule has 0 unspecified atom stereocenters. The maximum absolute atomic E-state index is 13.5. The number of pyridine rings is 1. The van der Waals surface area contributed by atoms with Gasteiger partial charge in [-0.05, 0) is 54.4 Å². The zero-order valence-electron chi connectivity index (χ0n) is 19.2. The SMILES string of the molecule is Cc1c(C(=O)N(C)Cc2ccc3ncccc3c2)[nH]c(C(N)=O)c1S(=O)(=O)c1cc(Cl)cc(C#N)c1. The molecule has 0 fully saturated rings. The number of fused-ring (bicyclic) bond motifs is 1. The van der Waals surface area contributed by atoms with Crippen molar-refractivity contribution < 1.29 is 18.0 Å². The lowest BCUT2D eigenvalue weighted by molar-refractivity contribution is 0.0779. The number of carbonyl (C=O) groups is 2. The van der Waals surface area contributed by atoms with E-state index in [4.69, 9.17) is 17.3 Å². The summed E-state index contributed by atoms with van der Waals surface area (Å²) < 4.78 is 27.0. The van der Waals surface area contributed by atoms with Gasteiger partial charge >= 0.3 is 0 Å². The Morgan fingerprint density at radius 3 is 2.61 bits per heavy atom. The second-order valence-electron chi connectivity index (χ2n) is 8.18. The third kappa shape index (κ3) is 4.54. The van der Waals surface area contributed by atoms with Gasteiger partial charge in [-0.3, -0.25) is 14.6 Å². The van der Waals surface area contributed by atoms with Crippen LogP contribution in [-0.4, -0.2) is 42.1 Å². The number of hydrogen-bond acceptors (Lipinski definition) is 6. The Morgan fingerprint density at radius 1 is 1.17 bits per heavy atom. The summed E-state index contributed by atoms with van der Waals surface area (Å²) in [4.78, 5) is 33.0. The molecule has 2 aromatic carbocycles. The molecule has 0 saturated heterocycles. The van der Waals surface area contributed by atoms with Crippen molar-refractivity contribution in [1.82, 2.24) is 14.9 Å². The van der Waals surface area contributed by atoms with Crippen molar-refractivity contribution in [2.75, 3.05) is 7.05 Å². The number of nitrogens with two attached hydrogens (primary N) is 1. The molecule has 0 bridgehead atoms. The first-order valence-electron chi connectivity index (χ1n) is 10.6. The maximum atomic E-state index is 13.5. The van der Waals surface area contributed by atoms with Crippen LogP contribution in [0.3, 0.4) is 0 Å². The number of carbonyl (C=O) groups excluding carboxylic acids is 2. The van der Waals surface area contributed by atoms with Crippen molar-refractivity contribution in [2.24, 2.45) is 5.73 Å². The van der Waals surface area contributed by atoms with Crippen LogP contribution in [0.25, 0.3) is 10.9 Å². The number of aromatic amines is 1. The predicted molar refractivity (Wildman–Crippen MR) is 133 cm³/mol. The minimum absolute atomic E-state index is 0.0245. The lowest BCUT2D eigenvalue weighted by Crippen LogP contribution is -2.27. The number of rotatable bonds is 6. The number of aromatic nitrogens is 2. The molecule has 0 aliphatic heterocycles. The first-order valence-corrected chi connectivity index (χ1v) is 12.5. The van der Waals surface area contributed by atoms with Crippen LogP contribution in [-0.2, 0) is 16.4 Å². The number of sulfone groups is 1. The molecule has 9 nitrogen and oxygen atoms in total. The summed E-state index contributed by atoms with van der Waals surface area (Å²) >= 11 is 6.00. The van der Waals surface area contributed by atoms with Gasteiger partial charge in [0.05, 0.1) is 22.0 Å². The predicted octanol–water partition coefficient (Wildman–Crippen LogP) is 3.60. The topological polar surface area (TPSA) is 150 Å². The molecule has 2 amide bonds. The Balaban J connectivity index is 1.74. The highest BCUT2D eigenvalue weighted by Crippen LogP contribution is 2.32. The van der Waals surface area contributed by atoms with Gasteiger partial charge in [0.15, 0.2) is 0 Å². The van der Waals surface area contributed by atoms with Crippen LogP contribution in [0.1, 0.15) is 37.7 Å². The van der Waals surface area contributed by atoms with E-state index in [1.54, 1.807) is 13.2 Å².